The Balaban J connectivity index is 1.62. The number of amides is 1. The lowest BCUT2D eigenvalue weighted by Crippen LogP contribution is -2.41. The number of hydrogen-bond acceptors (Lipinski definition) is 6. The van der Waals surface area contributed by atoms with E-state index in [0.717, 1.165) is 19.4 Å². The summed E-state index contributed by atoms with van der Waals surface area (Å²) in [4.78, 5) is 34.5. The maximum atomic E-state index is 12.5. The van der Waals surface area contributed by atoms with Gasteiger partial charge in [-0.3, -0.25) is 4.79 Å². The first-order valence-electron chi connectivity index (χ1n) is 8.18. The van der Waals surface area contributed by atoms with Crippen molar-refractivity contribution in [1.29, 1.82) is 0 Å². The average Bonchev–Trinajstić information content (AvgIpc) is 2.68. The number of anilines is 2. The lowest BCUT2D eigenvalue weighted by Gasteiger charge is -2.31. The van der Waals surface area contributed by atoms with E-state index in [9.17, 15) is 9.59 Å². The second-order valence-electron chi connectivity index (χ2n) is 5.89. The van der Waals surface area contributed by atoms with Gasteiger partial charge in [-0.05, 0) is 43.2 Å². The summed E-state index contributed by atoms with van der Waals surface area (Å²) in [5.41, 5.74) is 1.11. The molecule has 0 saturated carbocycles. The quantitative estimate of drug-likeness (QED) is 0.858. The maximum absolute atomic E-state index is 12.5. The number of nitrogens with zero attached hydrogens (tertiary/aromatic N) is 3. The third-order valence-electron chi connectivity index (χ3n) is 4.20. The molecule has 1 atom stereocenters. The van der Waals surface area contributed by atoms with Crippen LogP contribution in [0, 0.1) is 5.92 Å². The first kappa shape index (κ1) is 16.9. The predicted molar refractivity (Wildman–Crippen MR) is 93.4 cm³/mol. The highest BCUT2D eigenvalue weighted by Crippen LogP contribution is 2.21. The molecule has 0 spiro atoms. The number of esters is 1. The number of methoxy groups -OCH3 is 1. The van der Waals surface area contributed by atoms with E-state index in [1.54, 1.807) is 42.7 Å². The fraction of sp³-hybridized carbons (Fsp3) is 0.333. The highest BCUT2D eigenvalue weighted by atomic mass is 16.5. The molecule has 0 aliphatic carbocycles. The van der Waals surface area contributed by atoms with Gasteiger partial charge in [0.15, 0.2) is 0 Å². The molecule has 25 heavy (non-hydrogen) atoms. The van der Waals surface area contributed by atoms with Gasteiger partial charge in [0.05, 0.1) is 18.6 Å². The smallest absolute Gasteiger partial charge is 0.337 e. The molecule has 0 bridgehead atoms. The van der Waals surface area contributed by atoms with Gasteiger partial charge in [0.2, 0.25) is 11.9 Å². The Morgan fingerprint density at radius 1 is 1.20 bits per heavy atom. The van der Waals surface area contributed by atoms with E-state index in [2.05, 4.69) is 20.0 Å². The Hall–Kier alpha value is -2.96. The fourth-order valence-electron chi connectivity index (χ4n) is 2.88. The summed E-state index contributed by atoms with van der Waals surface area (Å²) in [5.74, 6) is 0.0929. The minimum atomic E-state index is -0.399. The molecule has 0 unspecified atom stereocenters. The van der Waals surface area contributed by atoms with Crippen molar-refractivity contribution in [2.75, 3.05) is 30.4 Å². The Labute approximate surface area is 146 Å². The van der Waals surface area contributed by atoms with Crippen LogP contribution in [0.5, 0.6) is 0 Å². The van der Waals surface area contributed by atoms with Gasteiger partial charge in [0.25, 0.3) is 0 Å². The SMILES string of the molecule is COC(=O)c1ccc(NC(=O)[C@@H]2CCCN(c3ncccn3)C2)cc1. The minimum absolute atomic E-state index is 0.0357. The first-order chi connectivity index (χ1) is 12.2. The molecular weight excluding hydrogens is 320 g/mol. The van der Waals surface area contributed by atoms with Crippen LogP contribution in [0.4, 0.5) is 11.6 Å². The first-order valence-corrected chi connectivity index (χ1v) is 8.18. The number of ether oxygens (including phenoxy) is 1. The zero-order valence-electron chi connectivity index (χ0n) is 14.0. The highest BCUT2D eigenvalue weighted by Gasteiger charge is 2.27. The van der Waals surface area contributed by atoms with Crippen molar-refractivity contribution in [3.8, 4) is 0 Å². The van der Waals surface area contributed by atoms with Crippen molar-refractivity contribution >= 4 is 23.5 Å². The Morgan fingerprint density at radius 3 is 2.60 bits per heavy atom. The van der Waals surface area contributed by atoms with Crippen LogP contribution in [0.3, 0.4) is 0 Å². The molecule has 2 aromatic rings. The van der Waals surface area contributed by atoms with Crippen LogP contribution in [-0.2, 0) is 9.53 Å². The van der Waals surface area contributed by atoms with Crippen LogP contribution in [0.15, 0.2) is 42.7 Å². The molecule has 1 aromatic heterocycles. The molecule has 3 rings (SSSR count). The number of hydrogen-bond donors (Lipinski definition) is 1. The zero-order chi connectivity index (χ0) is 17.6. The third kappa shape index (κ3) is 4.12. The summed E-state index contributed by atoms with van der Waals surface area (Å²) in [6.07, 6.45) is 5.15. The van der Waals surface area contributed by atoms with E-state index in [1.807, 2.05) is 4.90 Å². The molecular formula is C18H20N4O3. The Bertz CT molecular complexity index is 734. The predicted octanol–water partition coefficient (Wildman–Crippen LogP) is 2.12. The molecule has 1 saturated heterocycles. The maximum Gasteiger partial charge on any atom is 0.337 e. The Morgan fingerprint density at radius 2 is 1.92 bits per heavy atom. The largest absolute Gasteiger partial charge is 0.465 e. The topological polar surface area (TPSA) is 84.4 Å². The van der Waals surface area contributed by atoms with Gasteiger partial charge in [-0.15, -0.1) is 0 Å². The van der Waals surface area contributed by atoms with Crippen molar-refractivity contribution in [3.63, 3.8) is 0 Å². The summed E-state index contributed by atoms with van der Waals surface area (Å²) < 4.78 is 4.66. The van der Waals surface area contributed by atoms with E-state index in [4.69, 9.17) is 0 Å². The number of aromatic nitrogens is 2. The molecule has 0 radical (unpaired) electrons. The standard InChI is InChI=1S/C18H20N4O3/c1-25-17(24)13-5-7-15(8-6-13)21-16(23)14-4-2-11-22(12-14)18-19-9-3-10-20-18/h3,5-10,14H,2,4,11-12H2,1H3,(H,21,23)/t14-/m1/s1. The summed E-state index contributed by atoms with van der Waals surface area (Å²) in [7, 11) is 1.34. The van der Waals surface area contributed by atoms with Crippen LogP contribution < -0.4 is 10.2 Å². The van der Waals surface area contributed by atoms with Crippen molar-refractivity contribution in [2.24, 2.45) is 5.92 Å². The van der Waals surface area contributed by atoms with Crippen LogP contribution in [0.1, 0.15) is 23.2 Å². The van der Waals surface area contributed by atoms with Gasteiger partial charge in [0.1, 0.15) is 0 Å². The molecule has 1 aliphatic rings. The third-order valence-corrected chi connectivity index (χ3v) is 4.20. The number of carbonyl (C=O) groups excluding carboxylic acids is 2. The van der Waals surface area contributed by atoms with Crippen LogP contribution >= 0.6 is 0 Å². The number of rotatable bonds is 4. The molecule has 1 aliphatic heterocycles. The zero-order valence-corrected chi connectivity index (χ0v) is 14.0. The molecule has 1 amide bonds. The lowest BCUT2D eigenvalue weighted by atomic mass is 9.97. The monoisotopic (exact) mass is 340 g/mol. The van der Waals surface area contributed by atoms with E-state index in [1.165, 1.54) is 7.11 Å². The molecule has 2 heterocycles. The van der Waals surface area contributed by atoms with Gasteiger partial charge < -0.3 is 15.0 Å². The molecule has 1 aromatic carbocycles. The van der Waals surface area contributed by atoms with Crippen molar-refractivity contribution in [3.05, 3.63) is 48.3 Å². The molecule has 7 heteroatoms. The number of carbonyl (C=O) groups is 2. The van der Waals surface area contributed by atoms with Gasteiger partial charge in [-0.2, -0.15) is 0 Å². The summed E-state index contributed by atoms with van der Waals surface area (Å²) in [6, 6.07) is 8.44. The van der Waals surface area contributed by atoms with Gasteiger partial charge >= 0.3 is 5.97 Å². The van der Waals surface area contributed by atoms with Gasteiger partial charge in [0, 0.05) is 31.2 Å². The van der Waals surface area contributed by atoms with Crippen molar-refractivity contribution in [2.45, 2.75) is 12.8 Å². The number of benzene rings is 1. The van der Waals surface area contributed by atoms with Gasteiger partial charge in [-0.25, -0.2) is 14.8 Å². The summed E-state index contributed by atoms with van der Waals surface area (Å²) >= 11 is 0. The van der Waals surface area contributed by atoms with Crippen LogP contribution in [0.2, 0.25) is 0 Å². The summed E-state index contributed by atoms with van der Waals surface area (Å²) in [6.45, 7) is 1.44. The summed E-state index contributed by atoms with van der Waals surface area (Å²) in [5, 5.41) is 2.91. The second kappa shape index (κ2) is 7.74. The average molecular weight is 340 g/mol. The molecule has 130 valence electrons. The van der Waals surface area contributed by atoms with E-state index >= 15 is 0 Å². The minimum Gasteiger partial charge on any atom is -0.465 e. The highest BCUT2D eigenvalue weighted by molar-refractivity contribution is 5.94. The van der Waals surface area contributed by atoms with Crippen LogP contribution in [0.25, 0.3) is 0 Å². The van der Waals surface area contributed by atoms with E-state index < -0.39 is 5.97 Å². The lowest BCUT2D eigenvalue weighted by molar-refractivity contribution is -0.120. The molecule has 7 nitrogen and oxygen atoms in total. The number of nitrogens with one attached hydrogen (secondary N) is 1. The normalized spacial score (nSPS) is 17.0. The van der Waals surface area contributed by atoms with Crippen molar-refractivity contribution in [1.82, 2.24) is 9.97 Å². The Kier molecular flexibility index (Phi) is 5.23. The molecule has 1 fully saturated rings. The van der Waals surface area contributed by atoms with E-state index in [0.29, 0.717) is 23.7 Å². The van der Waals surface area contributed by atoms with Crippen LogP contribution in [-0.4, -0.2) is 42.0 Å². The molecule has 1 N–H and O–H groups in total. The van der Waals surface area contributed by atoms with E-state index in [-0.39, 0.29) is 11.8 Å². The fourth-order valence-corrected chi connectivity index (χ4v) is 2.88. The second-order valence-corrected chi connectivity index (χ2v) is 5.89. The number of piperidine rings is 1. The van der Waals surface area contributed by atoms with Crippen molar-refractivity contribution < 1.29 is 14.3 Å². The van der Waals surface area contributed by atoms with Gasteiger partial charge in [-0.1, -0.05) is 0 Å².